The lowest BCUT2D eigenvalue weighted by Gasteiger charge is -2.34. The molecule has 1 amide bonds. The zero-order valence-electron chi connectivity index (χ0n) is 15.5. The Bertz CT molecular complexity index is 573. The second-order valence-electron chi connectivity index (χ2n) is 6.10. The topological polar surface area (TPSA) is 60.0 Å². The van der Waals surface area contributed by atoms with Gasteiger partial charge < -0.3 is 15.5 Å². The van der Waals surface area contributed by atoms with Crippen LogP contribution in [0.1, 0.15) is 19.4 Å². The smallest absolute Gasteiger partial charge is 0.219 e. The summed E-state index contributed by atoms with van der Waals surface area (Å²) in [6, 6.07) is 6.39. The molecule has 0 radical (unpaired) electrons. The van der Waals surface area contributed by atoms with Gasteiger partial charge in [-0.05, 0) is 24.6 Å². The number of amides is 1. The first-order chi connectivity index (χ1) is 12.1. The number of piperazine rings is 1. The van der Waals surface area contributed by atoms with E-state index in [0.717, 1.165) is 57.3 Å². The number of rotatable bonds is 6. The number of aliphatic imine (C=N–C) groups is 1. The minimum absolute atomic E-state index is 0. The van der Waals surface area contributed by atoms with E-state index in [1.165, 1.54) is 12.1 Å². The van der Waals surface area contributed by atoms with Crippen LogP contribution in [0.2, 0.25) is 0 Å². The Kier molecular flexibility index (Phi) is 10.5. The van der Waals surface area contributed by atoms with Crippen molar-refractivity contribution in [1.29, 1.82) is 0 Å². The van der Waals surface area contributed by atoms with Crippen LogP contribution < -0.4 is 10.6 Å². The van der Waals surface area contributed by atoms with Crippen molar-refractivity contribution in [2.45, 2.75) is 20.4 Å². The highest BCUT2D eigenvalue weighted by Gasteiger charge is 2.17. The third-order valence-electron chi connectivity index (χ3n) is 4.22. The van der Waals surface area contributed by atoms with Crippen LogP contribution in [0.5, 0.6) is 0 Å². The average Bonchev–Trinajstić information content (AvgIpc) is 2.61. The third kappa shape index (κ3) is 7.86. The van der Waals surface area contributed by atoms with E-state index in [1.54, 1.807) is 19.1 Å². The Morgan fingerprint density at radius 3 is 2.38 bits per heavy atom. The molecule has 1 aliphatic heterocycles. The number of hydrogen-bond donors (Lipinski definition) is 2. The molecule has 1 aromatic carbocycles. The first kappa shape index (κ1) is 22.6. The number of nitrogens with one attached hydrogen (secondary N) is 2. The molecule has 1 aliphatic rings. The van der Waals surface area contributed by atoms with Gasteiger partial charge in [0.25, 0.3) is 0 Å². The monoisotopic (exact) mass is 477 g/mol. The summed E-state index contributed by atoms with van der Waals surface area (Å²) < 4.78 is 12.9. The van der Waals surface area contributed by atoms with Gasteiger partial charge in [0.05, 0.1) is 6.54 Å². The molecule has 0 unspecified atom stereocenters. The maximum Gasteiger partial charge on any atom is 0.219 e. The molecule has 1 heterocycles. The van der Waals surface area contributed by atoms with Crippen molar-refractivity contribution in [1.82, 2.24) is 20.4 Å². The summed E-state index contributed by atoms with van der Waals surface area (Å²) in [5.74, 6) is 0.678. The van der Waals surface area contributed by atoms with Gasteiger partial charge in [-0.1, -0.05) is 12.1 Å². The molecule has 0 aromatic heterocycles. The fourth-order valence-corrected chi connectivity index (χ4v) is 2.72. The lowest BCUT2D eigenvalue weighted by molar-refractivity contribution is -0.130. The standard InChI is InChI=1S/C18H28FN5O.HI/c1-3-20-18(22-14-16-4-6-17(19)7-5-16)21-8-9-23-10-12-24(13-11-23)15(2)25;/h4-7H,3,8-14H2,1-2H3,(H2,20,21,22);1H. The molecule has 2 N–H and O–H groups in total. The van der Waals surface area contributed by atoms with Gasteiger partial charge in [-0.2, -0.15) is 0 Å². The molecule has 0 atom stereocenters. The van der Waals surface area contributed by atoms with Gasteiger partial charge in [0.15, 0.2) is 5.96 Å². The van der Waals surface area contributed by atoms with Crippen molar-refractivity contribution in [3.8, 4) is 0 Å². The zero-order chi connectivity index (χ0) is 18.1. The Morgan fingerprint density at radius 1 is 1.15 bits per heavy atom. The van der Waals surface area contributed by atoms with Crippen LogP contribution in [0.3, 0.4) is 0 Å². The van der Waals surface area contributed by atoms with Crippen LogP contribution in [0.15, 0.2) is 29.3 Å². The average molecular weight is 477 g/mol. The first-order valence-corrected chi connectivity index (χ1v) is 8.83. The lowest BCUT2D eigenvalue weighted by Crippen LogP contribution is -2.50. The number of benzene rings is 1. The van der Waals surface area contributed by atoms with Crippen molar-refractivity contribution in [3.63, 3.8) is 0 Å². The van der Waals surface area contributed by atoms with Crippen LogP contribution in [0.4, 0.5) is 4.39 Å². The van der Waals surface area contributed by atoms with Crippen molar-refractivity contribution in [2.75, 3.05) is 45.8 Å². The molecule has 6 nitrogen and oxygen atoms in total. The second-order valence-corrected chi connectivity index (χ2v) is 6.10. The highest BCUT2D eigenvalue weighted by atomic mass is 127. The molecule has 1 aromatic rings. The zero-order valence-corrected chi connectivity index (χ0v) is 17.8. The molecule has 1 saturated heterocycles. The Labute approximate surface area is 172 Å². The van der Waals surface area contributed by atoms with E-state index < -0.39 is 0 Å². The molecule has 1 fully saturated rings. The molecule has 0 aliphatic carbocycles. The maximum absolute atomic E-state index is 12.9. The van der Waals surface area contributed by atoms with E-state index in [2.05, 4.69) is 20.5 Å². The molecule has 8 heteroatoms. The summed E-state index contributed by atoms with van der Waals surface area (Å²) in [5, 5.41) is 6.54. The predicted octanol–water partition coefficient (Wildman–Crippen LogP) is 1.66. The number of hydrogen-bond acceptors (Lipinski definition) is 3. The summed E-state index contributed by atoms with van der Waals surface area (Å²) in [7, 11) is 0. The SMILES string of the molecule is CCNC(=NCc1ccc(F)cc1)NCCN1CCN(C(C)=O)CC1.I. The number of carbonyl (C=O) groups is 1. The fraction of sp³-hybridized carbons (Fsp3) is 0.556. The van der Waals surface area contributed by atoms with Crippen molar-refractivity contribution in [3.05, 3.63) is 35.6 Å². The summed E-state index contributed by atoms with van der Waals surface area (Å²) >= 11 is 0. The Hall–Kier alpha value is -1.42. The van der Waals surface area contributed by atoms with Crippen LogP contribution >= 0.6 is 24.0 Å². The molecule has 0 saturated carbocycles. The van der Waals surface area contributed by atoms with Crippen LogP contribution in [0, 0.1) is 5.82 Å². The van der Waals surface area contributed by atoms with Crippen molar-refractivity contribution >= 4 is 35.8 Å². The molecular weight excluding hydrogens is 448 g/mol. The van der Waals surface area contributed by atoms with Gasteiger partial charge in [0.1, 0.15) is 5.82 Å². The fourth-order valence-electron chi connectivity index (χ4n) is 2.72. The normalized spacial score (nSPS) is 15.3. The Balaban J connectivity index is 0.00000338. The van der Waals surface area contributed by atoms with Gasteiger partial charge in [-0.25, -0.2) is 9.38 Å². The van der Waals surface area contributed by atoms with E-state index in [1.807, 2.05) is 11.8 Å². The molecule has 0 bridgehead atoms. The van der Waals surface area contributed by atoms with Gasteiger partial charge in [-0.15, -0.1) is 24.0 Å². The van der Waals surface area contributed by atoms with Gasteiger partial charge >= 0.3 is 0 Å². The molecule has 146 valence electrons. The minimum atomic E-state index is -0.234. The first-order valence-electron chi connectivity index (χ1n) is 8.83. The van der Waals surface area contributed by atoms with E-state index in [0.29, 0.717) is 6.54 Å². The second kappa shape index (κ2) is 12.1. The number of carbonyl (C=O) groups excluding carboxylic acids is 1. The minimum Gasteiger partial charge on any atom is -0.357 e. The lowest BCUT2D eigenvalue weighted by atomic mass is 10.2. The number of nitrogens with zero attached hydrogens (tertiary/aromatic N) is 3. The molecule has 26 heavy (non-hydrogen) atoms. The predicted molar refractivity (Wildman–Crippen MR) is 113 cm³/mol. The van der Waals surface area contributed by atoms with E-state index in [-0.39, 0.29) is 35.7 Å². The summed E-state index contributed by atoms with van der Waals surface area (Å²) in [6.07, 6.45) is 0. The van der Waals surface area contributed by atoms with Gasteiger partial charge in [-0.3, -0.25) is 9.69 Å². The maximum atomic E-state index is 12.9. The highest BCUT2D eigenvalue weighted by Crippen LogP contribution is 2.04. The molecule has 2 rings (SSSR count). The van der Waals surface area contributed by atoms with Crippen LogP contribution in [0.25, 0.3) is 0 Å². The van der Waals surface area contributed by atoms with Crippen LogP contribution in [-0.2, 0) is 11.3 Å². The summed E-state index contributed by atoms with van der Waals surface area (Å²) in [4.78, 5) is 20.1. The Morgan fingerprint density at radius 2 is 1.81 bits per heavy atom. The number of guanidine groups is 1. The van der Waals surface area contributed by atoms with E-state index in [9.17, 15) is 9.18 Å². The van der Waals surface area contributed by atoms with E-state index >= 15 is 0 Å². The highest BCUT2D eigenvalue weighted by molar-refractivity contribution is 14.0. The summed E-state index contributed by atoms with van der Waals surface area (Å²) in [5.41, 5.74) is 0.971. The largest absolute Gasteiger partial charge is 0.357 e. The van der Waals surface area contributed by atoms with Crippen molar-refractivity contribution < 1.29 is 9.18 Å². The molecular formula is C18H29FIN5O. The summed E-state index contributed by atoms with van der Waals surface area (Å²) in [6.45, 7) is 10.0. The third-order valence-corrected chi connectivity index (χ3v) is 4.22. The van der Waals surface area contributed by atoms with Crippen LogP contribution in [-0.4, -0.2) is 67.5 Å². The molecule has 0 spiro atoms. The van der Waals surface area contributed by atoms with Gasteiger partial charge in [0, 0.05) is 52.7 Å². The van der Waals surface area contributed by atoms with Gasteiger partial charge in [0.2, 0.25) is 5.91 Å². The van der Waals surface area contributed by atoms with Crippen molar-refractivity contribution in [2.24, 2.45) is 4.99 Å². The quantitative estimate of drug-likeness (QED) is 0.372. The number of halogens is 2. The van der Waals surface area contributed by atoms with E-state index in [4.69, 9.17) is 0 Å².